The predicted molar refractivity (Wildman–Crippen MR) is 98.5 cm³/mol. The molecule has 1 aliphatic heterocycles. The Morgan fingerprint density at radius 3 is 2.38 bits per heavy atom. The molecule has 1 N–H and O–H groups in total. The lowest BCUT2D eigenvalue weighted by Gasteiger charge is -2.29. The number of nitrogens with zero attached hydrogens (tertiary/aromatic N) is 2. The third kappa shape index (κ3) is 5.25. The number of carbonyl (C=O) groups is 2. The molecule has 2 amide bonds. The average molecular weight is 331 g/mol. The van der Waals surface area contributed by atoms with Crippen molar-refractivity contribution in [2.24, 2.45) is 0 Å². The summed E-state index contributed by atoms with van der Waals surface area (Å²) in [6.07, 6.45) is 5.77. The summed E-state index contributed by atoms with van der Waals surface area (Å²) in [6, 6.07) is 7.96. The molecule has 24 heavy (non-hydrogen) atoms. The highest BCUT2D eigenvalue weighted by molar-refractivity contribution is 5.97. The van der Waals surface area contributed by atoms with E-state index in [9.17, 15) is 9.59 Å². The molecule has 2 rings (SSSR count). The van der Waals surface area contributed by atoms with Gasteiger partial charge in [-0.15, -0.1) is 0 Å². The lowest BCUT2D eigenvalue weighted by molar-refractivity contribution is -0.123. The largest absolute Gasteiger partial charge is 0.372 e. The molecular weight excluding hydrogens is 302 g/mol. The van der Waals surface area contributed by atoms with Crippen LogP contribution in [0.25, 0.3) is 0 Å². The van der Waals surface area contributed by atoms with Crippen molar-refractivity contribution in [1.82, 2.24) is 5.32 Å². The van der Waals surface area contributed by atoms with Crippen molar-refractivity contribution in [3.05, 3.63) is 24.3 Å². The van der Waals surface area contributed by atoms with Crippen LogP contribution in [0.5, 0.6) is 0 Å². The van der Waals surface area contributed by atoms with Crippen molar-refractivity contribution in [2.45, 2.75) is 46.0 Å². The van der Waals surface area contributed by atoms with Crippen molar-refractivity contribution in [3.8, 4) is 0 Å². The van der Waals surface area contributed by atoms with Gasteiger partial charge in [-0.1, -0.05) is 13.3 Å². The van der Waals surface area contributed by atoms with Crippen LogP contribution in [0.4, 0.5) is 11.4 Å². The molecule has 0 aliphatic carbocycles. The van der Waals surface area contributed by atoms with Crippen LogP contribution in [0.15, 0.2) is 24.3 Å². The van der Waals surface area contributed by atoms with Gasteiger partial charge in [0.05, 0.1) is 0 Å². The van der Waals surface area contributed by atoms with E-state index < -0.39 is 0 Å². The Morgan fingerprint density at radius 1 is 1.12 bits per heavy atom. The van der Waals surface area contributed by atoms with Crippen LogP contribution in [0.3, 0.4) is 0 Å². The minimum absolute atomic E-state index is 0.0715. The molecule has 132 valence electrons. The second-order valence-corrected chi connectivity index (χ2v) is 6.37. The number of hydrogen-bond acceptors (Lipinski definition) is 3. The van der Waals surface area contributed by atoms with Gasteiger partial charge < -0.3 is 15.1 Å². The van der Waals surface area contributed by atoms with E-state index in [1.165, 1.54) is 36.8 Å². The van der Waals surface area contributed by atoms with Crippen molar-refractivity contribution in [2.75, 3.05) is 36.0 Å². The highest BCUT2D eigenvalue weighted by Gasteiger charge is 2.16. The van der Waals surface area contributed by atoms with Crippen LogP contribution < -0.4 is 15.1 Å². The summed E-state index contributed by atoms with van der Waals surface area (Å²) >= 11 is 0. The second kappa shape index (κ2) is 9.30. The summed E-state index contributed by atoms with van der Waals surface area (Å²) in [5.41, 5.74) is 1.96. The molecule has 0 bridgehead atoms. The first-order valence-electron chi connectivity index (χ1n) is 9.01. The van der Waals surface area contributed by atoms with Crippen molar-refractivity contribution in [3.63, 3.8) is 0 Å². The van der Waals surface area contributed by atoms with Gasteiger partial charge in [-0.2, -0.15) is 0 Å². The Hall–Kier alpha value is -2.04. The molecule has 5 heteroatoms. The first-order valence-corrected chi connectivity index (χ1v) is 9.01. The van der Waals surface area contributed by atoms with E-state index in [2.05, 4.69) is 17.1 Å². The highest BCUT2D eigenvalue weighted by atomic mass is 16.2. The normalized spacial score (nSPS) is 14.3. The molecule has 5 nitrogen and oxygen atoms in total. The summed E-state index contributed by atoms with van der Waals surface area (Å²) in [6.45, 7) is 6.50. The monoisotopic (exact) mass is 331 g/mol. The summed E-state index contributed by atoms with van der Waals surface area (Å²) < 4.78 is 0. The van der Waals surface area contributed by atoms with Crippen LogP contribution in [0.1, 0.15) is 46.0 Å². The molecule has 1 fully saturated rings. The number of hydrogen-bond donors (Lipinski definition) is 1. The fraction of sp³-hybridized carbons (Fsp3) is 0.579. The number of unbranched alkanes of at least 4 members (excludes halogenated alkanes) is 1. The number of anilines is 2. The van der Waals surface area contributed by atoms with Gasteiger partial charge in [0.1, 0.15) is 6.54 Å². The third-order valence-corrected chi connectivity index (χ3v) is 4.42. The van der Waals surface area contributed by atoms with E-state index in [0.717, 1.165) is 31.6 Å². The van der Waals surface area contributed by atoms with Crippen LogP contribution in [0, 0.1) is 0 Å². The van der Waals surface area contributed by atoms with Gasteiger partial charge in [0.2, 0.25) is 11.8 Å². The zero-order valence-electron chi connectivity index (χ0n) is 14.9. The molecule has 1 aliphatic rings. The minimum Gasteiger partial charge on any atom is -0.372 e. The summed E-state index contributed by atoms with van der Waals surface area (Å²) in [7, 11) is 0. The van der Waals surface area contributed by atoms with Gasteiger partial charge in [-0.3, -0.25) is 9.59 Å². The Labute approximate surface area is 145 Å². The zero-order valence-corrected chi connectivity index (χ0v) is 14.9. The Morgan fingerprint density at radius 2 is 1.79 bits per heavy atom. The second-order valence-electron chi connectivity index (χ2n) is 6.37. The van der Waals surface area contributed by atoms with Gasteiger partial charge in [-0.05, 0) is 49.9 Å². The fourth-order valence-corrected chi connectivity index (χ4v) is 2.98. The first kappa shape index (κ1) is 18.3. The topological polar surface area (TPSA) is 52.7 Å². The third-order valence-electron chi connectivity index (χ3n) is 4.42. The molecule has 0 spiro atoms. The summed E-state index contributed by atoms with van der Waals surface area (Å²) in [5.74, 6) is -0.231. The molecule has 0 saturated carbocycles. The number of piperidine rings is 1. The van der Waals surface area contributed by atoms with Crippen molar-refractivity contribution >= 4 is 23.2 Å². The predicted octanol–water partition coefficient (Wildman–Crippen LogP) is 2.95. The number of nitrogens with one attached hydrogen (secondary N) is 1. The van der Waals surface area contributed by atoms with E-state index in [4.69, 9.17) is 0 Å². The molecule has 0 atom stereocenters. The number of rotatable bonds is 7. The van der Waals surface area contributed by atoms with Gasteiger partial charge in [-0.25, -0.2) is 0 Å². The van der Waals surface area contributed by atoms with E-state index >= 15 is 0 Å². The molecule has 1 saturated heterocycles. The van der Waals surface area contributed by atoms with Gasteiger partial charge in [0.25, 0.3) is 0 Å². The van der Waals surface area contributed by atoms with Crippen molar-refractivity contribution < 1.29 is 9.59 Å². The van der Waals surface area contributed by atoms with E-state index in [1.807, 2.05) is 24.3 Å². The molecular formula is C19H29N3O2. The highest BCUT2D eigenvalue weighted by Crippen LogP contribution is 2.23. The lowest BCUT2D eigenvalue weighted by atomic mass is 10.1. The van der Waals surface area contributed by atoms with E-state index in [0.29, 0.717) is 6.54 Å². The minimum atomic E-state index is -0.119. The number of amides is 2. The quantitative estimate of drug-likeness (QED) is 0.782. The molecule has 0 aromatic heterocycles. The van der Waals surface area contributed by atoms with Crippen molar-refractivity contribution in [1.29, 1.82) is 0 Å². The molecule has 1 heterocycles. The smallest absolute Gasteiger partial charge is 0.240 e. The number of benzene rings is 1. The Bertz CT molecular complexity index is 536. The van der Waals surface area contributed by atoms with E-state index in [-0.39, 0.29) is 18.4 Å². The SMILES string of the molecule is CCCCNC(=O)CN(C(C)=O)c1ccc(N2CCCCC2)cc1. The maximum atomic E-state index is 12.0. The molecule has 0 unspecified atom stereocenters. The fourth-order valence-electron chi connectivity index (χ4n) is 2.98. The number of carbonyl (C=O) groups excluding carboxylic acids is 2. The maximum absolute atomic E-state index is 12.0. The van der Waals surface area contributed by atoms with Gasteiger partial charge in [0.15, 0.2) is 0 Å². The van der Waals surface area contributed by atoms with Gasteiger partial charge >= 0.3 is 0 Å². The van der Waals surface area contributed by atoms with Crippen LogP contribution in [-0.4, -0.2) is 38.0 Å². The summed E-state index contributed by atoms with van der Waals surface area (Å²) in [5, 5.41) is 2.86. The van der Waals surface area contributed by atoms with Crippen LogP contribution in [-0.2, 0) is 9.59 Å². The molecule has 1 aromatic carbocycles. The average Bonchev–Trinajstić information content (AvgIpc) is 2.61. The Balaban J connectivity index is 1.99. The zero-order chi connectivity index (χ0) is 17.4. The van der Waals surface area contributed by atoms with Crippen LogP contribution >= 0.6 is 0 Å². The van der Waals surface area contributed by atoms with Crippen LogP contribution in [0.2, 0.25) is 0 Å². The summed E-state index contributed by atoms with van der Waals surface area (Å²) in [4.78, 5) is 27.8. The molecule has 1 aromatic rings. The first-order chi connectivity index (χ1) is 11.6. The maximum Gasteiger partial charge on any atom is 0.240 e. The standard InChI is InChI=1S/C19H29N3O2/c1-3-4-12-20-19(24)15-22(16(2)23)18-10-8-17(9-11-18)21-13-6-5-7-14-21/h8-11H,3-7,12-15H2,1-2H3,(H,20,24). The Kier molecular flexibility index (Phi) is 7.09. The lowest BCUT2D eigenvalue weighted by Crippen LogP contribution is -2.40. The van der Waals surface area contributed by atoms with E-state index in [1.54, 1.807) is 0 Å². The van der Waals surface area contributed by atoms with Gasteiger partial charge in [0, 0.05) is 37.9 Å². The molecule has 0 radical (unpaired) electrons.